The van der Waals surface area contributed by atoms with Crippen LogP contribution in [0.5, 0.6) is 0 Å². The van der Waals surface area contributed by atoms with Crippen LogP contribution in [0.1, 0.15) is 60.3 Å². The Morgan fingerprint density at radius 1 is 1.30 bits per heavy atom. The topological polar surface area (TPSA) is 56.7 Å². The van der Waals surface area contributed by atoms with Gasteiger partial charge in [-0.15, -0.1) is 24.0 Å². The Hall–Kier alpha value is 0.310. The van der Waals surface area contributed by atoms with Crippen molar-refractivity contribution in [2.75, 3.05) is 18.8 Å². The highest BCUT2D eigenvalue weighted by atomic mass is 127. The second-order valence-electron chi connectivity index (χ2n) is 6.80. The largest absolute Gasteiger partial charge is 0.387 e. The van der Waals surface area contributed by atoms with Crippen molar-refractivity contribution in [1.82, 2.24) is 10.6 Å². The van der Waals surface area contributed by atoms with Gasteiger partial charge in [-0.05, 0) is 51.2 Å². The highest BCUT2D eigenvalue weighted by Gasteiger charge is 2.45. The first-order valence-corrected chi connectivity index (χ1v) is 9.85. The Labute approximate surface area is 164 Å². The van der Waals surface area contributed by atoms with E-state index in [1.807, 2.05) is 11.8 Å². The van der Waals surface area contributed by atoms with Gasteiger partial charge in [-0.25, -0.2) is 0 Å². The van der Waals surface area contributed by atoms with Crippen LogP contribution in [0, 0.1) is 5.92 Å². The Balaban J connectivity index is 0.00000484. The van der Waals surface area contributed by atoms with Crippen LogP contribution in [0.3, 0.4) is 0 Å². The van der Waals surface area contributed by atoms with Crippen molar-refractivity contribution in [1.29, 1.82) is 0 Å². The molecule has 138 valence electrons. The molecule has 0 aromatic carbocycles. The summed E-state index contributed by atoms with van der Waals surface area (Å²) in [6.07, 6.45) is 4.34. The van der Waals surface area contributed by atoms with Crippen LogP contribution in [-0.4, -0.2) is 46.8 Å². The number of nitrogens with one attached hydrogen (secondary N) is 2. The molecule has 0 radical (unpaired) electrons. The van der Waals surface area contributed by atoms with Gasteiger partial charge in [-0.1, -0.05) is 20.8 Å². The summed E-state index contributed by atoms with van der Waals surface area (Å²) in [5.74, 6) is 2.62. The molecular weight excluding hydrogens is 421 g/mol. The van der Waals surface area contributed by atoms with E-state index in [1.54, 1.807) is 0 Å². The first-order valence-electron chi connectivity index (χ1n) is 8.80. The number of halogens is 1. The van der Waals surface area contributed by atoms with Gasteiger partial charge in [0.1, 0.15) is 0 Å². The second kappa shape index (κ2) is 11.8. The molecule has 1 fully saturated rings. The third-order valence-electron chi connectivity index (χ3n) is 4.22. The van der Waals surface area contributed by atoms with Crippen molar-refractivity contribution >= 4 is 41.7 Å². The van der Waals surface area contributed by atoms with Crippen LogP contribution in [0.2, 0.25) is 0 Å². The Morgan fingerprint density at radius 2 is 2.00 bits per heavy atom. The van der Waals surface area contributed by atoms with Crippen molar-refractivity contribution in [2.45, 2.75) is 77.2 Å². The number of nitrogens with zero attached hydrogens (tertiary/aromatic N) is 1. The molecule has 3 atom stereocenters. The van der Waals surface area contributed by atoms with Crippen LogP contribution >= 0.6 is 35.7 Å². The first kappa shape index (κ1) is 23.3. The lowest BCUT2D eigenvalue weighted by molar-refractivity contribution is -0.0154. The monoisotopic (exact) mass is 457 g/mol. The maximum Gasteiger partial charge on any atom is 0.191 e. The predicted molar refractivity (Wildman–Crippen MR) is 114 cm³/mol. The zero-order valence-electron chi connectivity index (χ0n) is 15.4. The summed E-state index contributed by atoms with van der Waals surface area (Å²) in [6.45, 7) is 12.3. The molecule has 1 saturated carbocycles. The Morgan fingerprint density at radius 3 is 2.48 bits per heavy atom. The van der Waals surface area contributed by atoms with Gasteiger partial charge >= 0.3 is 0 Å². The van der Waals surface area contributed by atoms with Gasteiger partial charge in [0.15, 0.2) is 5.96 Å². The average molecular weight is 457 g/mol. The number of thioether (sulfide) groups is 1. The van der Waals surface area contributed by atoms with E-state index >= 15 is 0 Å². The van der Waals surface area contributed by atoms with Crippen molar-refractivity contribution < 1.29 is 5.11 Å². The molecule has 4 nitrogen and oxygen atoms in total. The van der Waals surface area contributed by atoms with Crippen molar-refractivity contribution in [3.05, 3.63) is 0 Å². The van der Waals surface area contributed by atoms with E-state index in [1.165, 1.54) is 6.42 Å². The molecule has 1 aliphatic rings. The van der Waals surface area contributed by atoms with Crippen molar-refractivity contribution in [2.24, 2.45) is 10.9 Å². The standard InChI is InChI=1S/C17H35N3OS.HI/c1-6-18-16(20-14(5)9-8-13(3)4)19-12-17(21)11-10-15(17)22-7-2;/h13-15,21H,6-12H2,1-5H3,(H2,18,19,20);1H. The predicted octanol–water partition coefficient (Wildman–Crippen LogP) is 3.63. The van der Waals surface area contributed by atoms with E-state index in [0.717, 1.165) is 43.4 Å². The molecule has 0 aromatic rings. The summed E-state index contributed by atoms with van der Waals surface area (Å²) in [4.78, 5) is 4.64. The molecule has 0 aliphatic heterocycles. The van der Waals surface area contributed by atoms with Crippen LogP contribution in [-0.2, 0) is 0 Å². The van der Waals surface area contributed by atoms with Gasteiger partial charge in [-0.2, -0.15) is 11.8 Å². The number of hydrogen-bond acceptors (Lipinski definition) is 3. The highest BCUT2D eigenvalue weighted by Crippen LogP contribution is 2.41. The summed E-state index contributed by atoms with van der Waals surface area (Å²) in [5, 5.41) is 17.7. The zero-order valence-corrected chi connectivity index (χ0v) is 18.5. The van der Waals surface area contributed by atoms with E-state index in [4.69, 9.17) is 0 Å². The smallest absolute Gasteiger partial charge is 0.191 e. The number of aliphatic imine (C=N–C) groups is 1. The van der Waals surface area contributed by atoms with Crippen molar-refractivity contribution in [3.8, 4) is 0 Å². The third-order valence-corrected chi connectivity index (χ3v) is 5.63. The molecule has 0 amide bonds. The summed E-state index contributed by atoms with van der Waals surface area (Å²) in [6, 6.07) is 0.400. The lowest BCUT2D eigenvalue weighted by atomic mass is 9.79. The molecular formula is C17H36IN3OS. The van der Waals surface area contributed by atoms with Gasteiger partial charge in [0, 0.05) is 17.8 Å². The highest BCUT2D eigenvalue weighted by molar-refractivity contribution is 14.0. The maximum absolute atomic E-state index is 10.6. The van der Waals surface area contributed by atoms with Gasteiger partial charge in [-0.3, -0.25) is 4.99 Å². The van der Waals surface area contributed by atoms with Gasteiger partial charge in [0.25, 0.3) is 0 Å². The van der Waals surface area contributed by atoms with Gasteiger partial charge < -0.3 is 15.7 Å². The van der Waals surface area contributed by atoms with Crippen LogP contribution in [0.15, 0.2) is 4.99 Å². The van der Waals surface area contributed by atoms with E-state index in [9.17, 15) is 5.11 Å². The van der Waals surface area contributed by atoms with E-state index in [-0.39, 0.29) is 24.0 Å². The summed E-state index contributed by atoms with van der Waals surface area (Å²) in [5.41, 5.74) is -0.607. The minimum Gasteiger partial charge on any atom is -0.387 e. The Kier molecular flexibility index (Phi) is 12.0. The van der Waals surface area contributed by atoms with Crippen molar-refractivity contribution in [3.63, 3.8) is 0 Å². The van der Waals surface area contributed by atoms with E-state index in [2.05, 4.69) is 50.2 Å². The molecule has 0 bridgehead atoms. The lowest BCUT2D eigenvalue weighted by Gasteiger charge is -2.44. The number of hydrogen-bond donors (Lipinski definition) is 3. The molecule has 0 spiro atoms. The van der Waals surface area contributed by atoms with E-state index in [0.29, 0.717) is 17.8 Å². The second-order valence-corrected chi connectivity index (χ2v) is 8.28. The van der Waals surface area contributed by atoms with Gasteiger partial charge in [0.2, 0.25) is 0 Å². The summed E-state index contributed by atoms with van der Waals surface area (Å²) >= 11 is 1.86. The molecule has 0 heterocycles. The number of guanidine groups is 1. The fourth-order valence-corrected chi connectivity index (χ4v) is 3.83. The minimum absolute atomic E-state index is 0. The fourth-order valence-electron chi connectivity index (χ4n) is 2.64. The molecule has 3 N–H and O–H groups in total. The molecule has 0 aromatic heterocycles. The summed E-state index contributed by atoms with van der Waals surface area (Å²) < 4.78 is 0. The normalized spacial score (nSPS) is 25.5. The van der Waals surface area contributed by atoms with Crippen LogP contribution in [0.4, 0.5) is 0 Å². The zero-order chi connectivity index (χ0) is 16.6. The third kappa shape index (κ3) is 8.29. The van der Waals surface area contributed by atoms with Crippen LogP contribution in [0.25, 0.3) is 0 Å². The number of aliphatic hydroxyl groups is 1. The van der Waals surface area contributed by atoms with Crippen LogP contribution < -0.4 is 10.6 Å². The lowest BCUT2D eigenvalue weighted by Crippen LogP contribution is -2.53. The number of rotatable bonds is 9. The van der Waals surface area contributed by atoms with Gasteiger partial charge in [0.05, 0.1) is 12.1 Å². The average Bonchev–Trinajstić information content (AvgIpc) is 2.47. The summed E-state index contributed by atoms with van der Waals surface area (Å²) in [7, 11) is 0. The molecule has 1 rings (SSSR count). The molecule has 6 heteroatoms. The first-order chi connectivity index (χ1) is 10.4. The Bertz CT molecular complexity index is 355. The SMILES string of the molecule is CCNC(=NCC1(O)CCC1SCC)NC(C)CCC(C)C.I. The molecule has 3 unspecified atom stereocenters. The minimum atomic E-state index is -0.607. The van der Waals surface area contributed by atoms with E-state index < -0.39 is 5.60 Å². The quantitative estimate of drug-likeness (QED) is 0.281. The molecule has 0 saturated heterocycles. The molecule has 23 heavy (non-hydrogen) atoms. The molecule has 1 aliphatic carbocycles. The fraction of sp³-hybridized carbons (Fsp3) is 0.941. The maximum atomic E-state index is 10.6.